The molecule has 1 unspecified atom stereocenters. The van der Waals surface area contributed by atoms with Crippen molar-refractivity contribution < 1.29 is 9.09 Å². The molecular formula is C17H17N4O4P. The monoisotopic (exact) mass is 372 g/mol. The number of nitrogens with one attached hydrogen (secondary N) is 2. The van der Waals surface area contributed by atoms with E-state index in [1.807, 2.05) is 0 Å². The van der Waals surface area contributed by atoms with Gasteiger partial charge in [0.15, 0.2) is 0 Å². The van der Waals surface area contributed by atoms with Crippen molar-refractivity contribution in [3.05, 3.63) is 68.4 Å². The Kier molecular flexibility index (Phi) is 3.75. The van der Waals surface area contributed by atoms with Gasteiger partial charge in [-0.3, -0.25) is 23.8 Å². The van der Waals surface area contributed by atoms with E-state index >= 15 is 0 Å². The van der Waals surface area contributed by atoms with Crippen molar-refractivity contribution in [3.8, 4) is 0 Å². The molecule has 134 valence electrons. The highest BCUT2D eigenvalue weighted by molar-refractivity contribution is 7.66. The minimum atomic E-state index is -3.47. The molecule has 1 aliphatic heterocycles. The molecule has 9 heteroatoms. The molecule has 0 amide bonds. The first kappa shape index (κ1) is 16.6. The zero-order valence-corrected chi connectivity index (χ0v) is 15.1. The molecule has 0 fully saturated rings. The Hall–Kier alpha value is -2.83. The summed E-state index contributed by atoms with van der Waals surface area (Å²) in [4.78, 5) is 25.7. The molecule has 0 saturated heterocycles. The maximum absolute atomic E-state index is 13.4. The molecule has 26 heavy (non-hydrogen) atoms. The molecule has 1 aromatic carbocycles. The predicted molar refractivity (Wildman–Crippen MR) is 99.6 cm³/mol. The number of hydrogen-bond acceptors (Lipinski definition) is 5. The smallest absolute Gasteiger partial charge is 0.327 e. The van der Waals surface area contributed by atoms with Crippen LogP contribution < -0.4 is 31.9 Å². The van der Waals surface area contributed by atoms with Crippen LogP contribution in [-0.2, 0) is 16.1 Å². The van der Waals surface area contributed by atoms with Crippen molar-refractivity contribution in [1.82, 2.24) is 14.3 Å². The summed E-state index contributed by atoms with van der Waals surface area (Å²) < 4.78 is 21.7. The molecule has 0 bridgehead atoms. The molecule has 0 radical (unpaired) electrons. The lowest BCUT2D eigenvalue weighted by Gasteiger charge is -2.29. The molecule has 0 spiro atoms. The number of aromatic nitrogens is 2. The lowest BCUT2D eigenvalue weighted by atomic mass is 10.3. The summed E-state index contributed by atoms with van der Waals surface area (Å²) in [5, 5.41) is 6.18. The van der Waals surface area contributed by atoms with Gasteiger partial charge in [-0.25, -0.2) is 4.68 Å². The van der Waals surface area contributed by atoms with Gasteiger partial charge in [-0.05, 0) is 31.2 Å². The van der Waals surface area contributed by atoms with E-state index in [0.29, 0.717) is 16.5 Å². The number of benzene rings is 1. The first-order chi connectivity index (χ1) is 12.5. The molecule has 0 aliphatic carbocycles. The van der Waals surface area contributed by atoms with Gasteiger partial charge in [-0.15, -0.1) is 0 Å². The van der Waals surface area contributed by atoms with Crippen molar-refractivity contribution in [2.75, 3.05) is 11.9 Å². The minimum absolute atomic E-state index is 0.0924. The van der Waals surface area contributed by atoms with Crippen molar-refractivity contribution in [3.63, 3.8) is 0 Å². The van der Waals surface area contributed by atoms with Crippen LogP contribution in [0.25, 0.3) is 11.3 Å². The number of rotatable bonds is 2. The summed E-state index contributed by atoms with van der Waals surface area (Å²) in [6, 6.07) is 10.3. The fourth-order valence-electron chi connectivity index (χ4n) is 3.13. The van der Waals surface area contributed by atoms with E-state index in [9.17, 15) is 14.2 Å². The van der Waals surface area contributed by atoms with Crippen LogP contribution in [0.3, 0.4) is 0 Å². The minimum Gasteiger partial charge on any atom is -0.340 e. The highest BCUT2D eigenvalue weighted by atomic mass is 31.2. The van der Waals surface area contributed by atoms with Crippen LogP contribution in [0.4, 0.5) is 5.69 Å². The number of aryl methyl sites for hydroxylation is 1. The Morgan fingerprint density at radius 2 is 1.92 bits per heavy atom. The Bertz CT molecular complexity index is 1240. The summed E-state index contributed by atoms with van der Waals surface area (Å²) in [6.45, 7) is 1.95. The topological polar surface area (TPSA) is 93.8 Å². The van der Waals surface area contributed by atoms with E-state index in [1.54, 1.807) is 56.6 Å². The summed E-state index contributed by atoms with van der Waals surface area (Å²) in [5.41, 5.74) is -0.0651. The Morgan fingerprint density at radius 1 is 1.15 bits per heavy atom. The summed E-state index contributed by atoms with van der Waals surface area (Å²) >= 11 is 0. The van der Waals surface area contributed by atoms with Crippen molar-refractivity contribution in [2.45, 2.75) is 6.92 Å². The lowest BCUT2D eigenvalue weighted by Crippen LogP contribution is -2.51. The fraction of sp³-hybridized carbons (Fsp3) is 0.176. The van der Waals surface area contributed by atoms with Crippen LogP contribution >= 0.6 is 7.52 Å². The van der Waals surface area contributed by atoms with Crippen molar-refractivity contribution in [1.29, 1.82) is 0 Å². The van der Waals surface area contributed by atoms with Crippen LogP contribution in [0.5, 0.6) is 0 Å². The second-order valence-corrected chi connectivity index (χ2v) is 7.94. The number of nitrogens with zero attached hydrogens (tertiary/aromatic N) is 2. The third-order valence-corrected chi connectivity index (χ3v) is 6.48. The molecular weight excluding hydrogens is 355 g/mol. The molecule has 1 atom stereocenters. The van der Waals surface area contributed by atoms with Crippen molar-refractivity contribution in [2.24, 2.45) is 7.05 Å². The van der Waals surface area contributed by atoms with E-state index in [0.717, 1.165) is 0 Å². The van der Waals surface area contributed by atoms with E-state index in [2.05, 4.69) is 10.4 Å². The van der Waals surface area contributed by atoms with Gasteiger partial charge >= 0.3 is 7.52 Å². The molecule has 1 aliphatic rings. The Morgan fingerprint density at radius 3 is 2.69 bits per heavy atom. The number of para-hydroxylation sites is 1. The summed E-state index contributed by atoms with van der Waals surface area (Å²) in [6.07, 6.45) is 1.63. The van der Waals surface area contributed by atoms with Gasteiger partial charge in [0.25, 0.3) is 5.56 Å². The second kappa shape index (κ2) is 5.86. The van der Waals surface area contributed by atoms with E-state index in [4.69, 9.17) is 4.52 Å². The summed E-state index contributed by atoms with van der Waals surface area (Å²) in [7, 11) is -1.90. The fourth-order valence-corrected chi connectivity index (χ4v) is 5.01. The zero-order valence-electron chi connectivity index (χ0n) is 14.2. The van der Waals surface area contributed by atoms with Crippen LogP contribution in [0.1, 0.15) is 6.92 Å². The third kappa shape index (κ3) is 2.30. The molecule has 2 aromatic heterocycles. The van der Waals surface area contributed by atoms with Gasteiger partial charge in [-0.1, -0.05) is 12.1 Å². The van der Waals surface area contributed by atoms with Crippen LogP contribution in [0.15, 0.2) is 52.2 Å². The SMILES string of the molecule is CCOP1(=O)NC(=c2c(=O)c3cccn3n(C)c2=O)Nc2ccccc21. The first-order valence-electron chi connectivity index (χ1n) is 8.10. The van der Waals surface area contributed by atoms with Gasteiger partial charge in [0, 0.05) is 13.2 Å². The van der Waals surface area contributed by atoms with Crippen LogP contribution in [0.2, 0.25) is 0 Å². The van der Waals surface area contributed by atoms with E-state index in [-0.39, 0.29) is 17.6 Å². The van der Waals surface area contributed by atoms with Crippen molar-refractivity contribution >= 4 is 29.8 Å². The quantitative estimate of drug-likeness (QED) is 0.631. The first-order valence-corrected chi connectivity index (χ1v) is 9.73. The summed E-state index contributed by atoms with van der Waals surface area (Å²) in [5.74, 6) is 0.0924. The van der Waals surface area contributed by atoms with Crippen LogP contribution in [0, 0.1) is 0 Å². The molecule has 0 saturated carbocycles. The van der Waals surface area contributed by atoms with E-state index in [1.165, 1.54) is 9.20 Å². The van der Waals surface area contributed by atoms with Gasteiger partial charge in [0.05, 0.1) is 17.6 Å². The highest BCUT2D eigenvalue weighted by Gasteiger charge is 2.34. The predicted octanol–water partition coefficient (Wildman–Crippen LogP) is 0.353. The van der Waals surface area contributed by atoms with Gasteiger partial charge in [0.1, 0.15) is 16.6 Å². The normalized spacial score (nSPS) is 21.2. The number of anilines is 1. The average molecular weight is 372 g/mol. The lowest BCUT2D eigenvalue weighted by molar-refractivity contribution is 0.336. The molecule has 8 nitrogen and oxygen atoms in total. The second-order valence-electron chi connectivity index (χ2n) is 5.87. The maximum Gasteiger partial charge on any atom is 0.327 e. The van der Waals surface area contributed by atoms with Gasteiger partial charge in [-0.2, -0.15) is 0 Å². The average Bonchev–Trinajstić information content (AvgIpc) is 3.10. The third-order valence-electron chi connectivity index (χ3n) is 4.32. The van der Waals surface area contributed by atoms with Gasteiger partial charge in [0.2, 0.25) is 5.43 Å². The Balaban J connectivity index is 2.09. The maximum atomic E-state index is 13.4. The standard InChI is InChI=1S/C17H17N4O4P/c1-3-25-26(24)13-9-5-4-7-11(13)18-16(19-26)14-15(22)12-8-6-10-21(12)20(2)17(14)23/h4-10,18H,3H2,1-2H3,(H,19,24). The zero-order chi connectivity index (χ0) is 18.5. The molecule has 4 rings (SSSR count). The highest BCUT2D eigenvalue weighted by Crippen LogP contribution is 2.47. The van der Waals surface area contributed by atoms with Gasteiger partial charge < -0.3 is 9.84 Å². The Labute approximate surface area is 148 Å². The largest absolute Gasteiger partial charge is 0.340 e. The number of fused-ring (bicyclic) bond motifs is 2. The number of hydrogen-bond donors (Lipinski definition) is 2. The molecule has 3 heterocycles. The van der Waals surface area contributed by atoms with E-state index < -0.39 is 18.5 Å². The van der Waals surface area contributed by atoms with Crippen LogP contribution in [-0.4, -0.2) is 15.8 Å². The molecule has 2 N–H and O–H groups in total. The molecule has 3 aromatic rings.